The number of rotatable bonds is 7. The van der Waals surface area contributed by atoms with Crippen LogP contribution in [0, 0.1) is 6.92 Å². The van der Waals surface area contributed by atoms with Crippen LogP contribution in [-0.2, 0) is 22.7 Å². The second-order valence-corrected chi connectivity index (χ2v) is 7.78. The Morgan fingerprint density at radius 3 is 3.07 bits per heavy atom. The van der Waals surface area contributed by atoms with Gasteiger partial charge in [0.2, 0.25) is 5.89 Å². The molecule has 0 saturated carbocycles. The van der Waals surface area contributed by atoms with Crippen LogP contribution in [0.15, 0.2) is 46.2 Å². The number of carboxylic acids is 1. The first-order valence-corrected chi connectivity index (χ1v) is 10.2. The Bertz CT molecular complexity index is 969. The molecule has 4 rings (SSSR count). The van der Waals surface area contributed by atoms with Gasteiger partial charge in [0.25, 0.3) is 0 Å². The summed E-state index contributed by atoms with van der Waals surface area (Å²) in [6.07, 6.45) is 0. The quantitative estimate of drug-likeness (QED) is 0.632. The highest BCUT2D eigenvalue weighted by Crippen LogP contribution is 2.26. The average Bonchev–Trinajstić information content (AvgIpc) is 3.37. The van der Waals surface area contributed by atoms with Crippen LogP contribution >= 0.6 is 11.3 Å². The molecule has 152 valence electrons. The lowest BCUT2D eigenvalue weighted by molar-refractivity contribution is -0.150. The van der Waals surface area contributed by atoms with Crippen LogP contribution in [0.4, 0.5) is 0 Å². The molecule has 1 fully saturated rings. The third kappa shape index (κ3) is 4.67. The highest BCUT2D eigenvalue weighted by atomic mass is 32.1. The average molecular weight is 414 g/mol. The summed E-state index contributed by atoms with van der Waals surface area (Å²) in [5.74, 6) is 1.20. The summed E-state index contributed by atoms with van der Waals surface area (Å²) in [6, 6.07) is 11.0. The fraction of sp³-hybridized carbons (Fsp3) is 0.333. The van der Waals surface area contributed by atoms with Gasteiger partial charge in [0.15, 0.2) is 0 Å². The number of oxazole rings is 1. The van der Waals surface area contributed by atoms with Crippen LogP contribution in [0.5, 0.6) is 5.75 Å². The number of aryl methyl sites for hydroxylation is 1. The van der Waals surface area contributed by atoms with Gasteiger partial charge in [-0.3, -0.25) is 9.69 Å². The minimum absolute atomic E-state index is 0.212. The van der Waals surface area contributed by atoms with E-state index in [9.17, 15) is 9.90 Å². The van der Waals surface area contributed by atoms with Crippen molar-refractivity contribution in [2.75, 3.05) is 19.8 Å². The van der Waals surface area contributed by atoms with Crippen LogP contribution < -0.4 is 4.74 Å². The second kappa shape index (κ2) is 8.77. The SMILES string of the molecule is Cc1oc(-c2cccs2)nc1COc1cccc(CN2CCOCC2C(=O)O)c1. The topological polar surface area (TPSA) is 85.0 Å². The monoisotopic (exact) mass is 414 g/mol. The molecule has 3 heterocycles. The lowest BCUT2D eigenvalue weighted by atomic mass is 10.1. The summed E-state index contributed by atoms with van der Waals surface area (Å²) in [7, 11) is 0. The van der Waals surface area contributed by atoms with E-state index in [1.165, 1.54) is 0 Å². The number of carbonyl (C=O) groups is 1. The molecule has 0 amide bonds. The molecule has 0 radical (unpaired) electrons. The third-order valence-electron chi connectivity index (χ3n) is 4.81. The summed E-state index contributed by atoms with van der Waals surface area (Å²) in [5.41, 5.74) is 1.75. The smallest absolute Gasteiger partial charge is 0.323 e. The number of aliphatic carboxylic acids is 1. The summed E-state index contributed by atoms with van der Waals surface area (Å²) < 4.78 is 17.0. The van der Waals surface area contributed by atoms with E-state index in [2.05, 4.69) is 4.98 Å². The predicted molar refractivity (Wildman–Crippen MR) is 108 cm³/mol. The summed E-state index contributed by atoms with van der Waals surface area (Å²) in [5, 5.41) is 11.4. The molecule has 1 aliphatic heterocycles. The molecule has 1 aliphatic rings. The van der Waals surface area contributed by atoms with Crippen molar-refractivity contribution in [1.82, 2.24) is 9.88 Å². The van der Waals surface area contributed by atoms with Crippen molar-refractivity contribution >= 4 is 17.3 Å². The lowest BCUT2D eigenvalue weighted by Gasteiger charge is -2.32. The predicted octanol–water partition coefficient (Wildman–Crippen LogP) is 3.58. The molecule has 0 bridgehead atoms. The van der Waals surface area contributed by atoms with Crippen molar-refractivity contribution in [2.24, 2.45) is 0 Å². The molecule has 1 N–H and O–H groups in total. The Morgan fingerprint density at radius 1 is 1.38 bits per heavy atom. The molecule has 1 unspecified atom stereocenters. The van der Waals surface area contributed by atoms with Crippen molar-refractivity contribution in [3.63, 3.8) is 0 Å². The van der Waals surface area contributed by atoms with Crippen LogP contribution in [0.1, 0.15) is 17.0 Å². The first kappa shape index (κ1) is 19.6. The summed E-state index contributed by atoms with van der Waals surface area (Å²) >= 11 is 1.58. The summed E-state index contributed by atoms with van der Waals surface area (Å²) in [4.78, 5) is 18.9. The molecule has 2 aromatic heterocycles. The van der Waals surface area contributed by atoms with Gasteiger partial charge >= 0.3 is 5.97 Å². The van der Waals surface area contributed by atoms with Gasteiger partial charge in [-0.1, -0.05) is 18.2 Å². The van der Waals surface area contributed by atoms with Gasteiger partial charge in [0.05, 0.1) is 18.1 Å². The summed E-state index contributed by atoms with van der Waals surface area (Å²) in [6.45, 7) is 4.05. The number of hydrogen-bond donors (Lipinski definition) is 1. The Hall–Kier alpha value is -2.68. The fourth-order valence-electron chi connectivity index (χ4n) is 3.24. The van der Waals surface area contributed by atoms with E-state index in [0.29, 0.717) is 37.9 Å². The van der Waals surface area contributed by atoms with Crippen LogP contribution in [0.2, 0.25) is 0 Å². The lowest BCUT2D eigenvalue weighted by Crippen LogP contribution is -2.49. The molecule has 29 heavy (non-hydrogen) atoms. The second-order valence-electron chi connectivity index (χ2n) is 6.83. The van der Waals surface area contributed by atoms with Crippen molar-refractivity contribution in [3.05, 3.63) is 58.8 Å². The standard InChI is InChI=1S/C21H22N2O5S/c1-14-17(22-20(28-14)19-6-3-9-29-19)12-27-16-5-2-4-15(10-16)11-23-7-8-26-13-18(23)21(24)25/h2-6,9-10,18H,7-8,11-13H2,1H3,(H,24,25). The fourth-order valence-corrected chi connectivity index (χ4v) is 3.89. The van der Waals surface area contributed by atoms with Gasteiger partial charge in [-0.15, -0.1) is 11.3 Å². The molecule has 0 spiro atoms. The van der Waals surface area contributed by atoms with Crippen molar-refractivity contribution in [1.29, 1.82) is 0 Å². The molecular weight excluding hydrogens is 392 g/mol. The Morgan fingerprint density at radius 2 is 2.28 bits per heavy atom. The minimum Gasteiger partial charge on any atom is -0.487 e. The number of morpholine rings is 1. The van der Waals surface area contributed by atoms with E-state index in [1.807, 2.05) is 53.6 Å². The van der Waals surface area contributed by atoms with Gasteiger partial charge in [-0.25, -0.2) is 4.98 Å². The number of benzene rings is 1. The van der Waals surface area contributed by atoms with Crippen LogP contribution in [-0.4, -0.2) is 46.8 Å². The van der Waals surface area contributed by atoms with Crippen molar-refractivity contribution in [3.8, 4) is 16.5 Å². The minimum atomic E-state index is -0.861. The molecule has 1 aromatic carbocycles. The van der Waals surface area contributed by atoms with E-state index in [0.717, 1.165) is 21.9 Å². The van der Waals surface area contributed by atoms with Gasteiger partial charge in [0.1, 0.15) is 29.9 Å². The van der Waals surface area contributed by atoms with Crippen LogP contribution in [0.3, 0.4) is 0 Å². The maximum Gasteiger partial charge on any atom is 0.323 e. The Balaban J connectivity index is 1.41. The molecule has 3 aromatic rings. The van der Waals surface area contributed by atoms with Gasteiger partial charge in [-0.05, 0) is 36.1 Å². The van der Waals surface area contributed by atoms with Crippen molar-refractivity contribution in [2.45, 2.75) is 26.1 Å². The van der Waals surface area contributed by atoms with E-state index in [1.54, 1.807) is 11.3 Å². The van der Waals surface area contributed by atoms with E-state index in [4.69, 9.17) is 13.9 Å². The molecule has 8 heteroatoms. The number of ether oxygens (including phenoxy) is 2. The highest BCUT2D eigenvalue weighted by Gasteiger charge is 2.29. The molecule has 0 aliphatic carbocycles. The zero-order chi connectivity index (χ0) is 20.2. The number of hydrogen-bond acceptors (Lipinski definition) is 7. The molecule has 1 atom stereocenters. The van der Waals surface area contributed by atoms with Crippen molar-refractivity contribution < 1.29 is 23.8 Å². The molecule has 7 nitrogen and oxygen atoms in total. The largest absolute Gasteiger partial charge is 0.487 e. The van der Waals surface area contributed by atoms with E-state index >= 15 is 0 Å². The van der Waals surface area contributed by atoms with Gasteiger partial charge in [0, 0.05) is 13.1 Å². The Kier molecular flexibility index (Phi) is 5.94. The zero-order valence-electron chi connectivity index (χ0n) is 16.0. The normalized spacial score (nSPS) is 17.3. The maximum atomic E-state index is 11.4. The Labute approximate surface area is 172 Å². The maximum absolute atomic E-state index is 11.4. The molecule has 1 saturated heterocycles. The zero-order valence-corrected chi connectivity index (χ0v) is 16.9. The number of aromatic nitrogens is 1. The number of thiophene rings is 1. The first-order chi connectivity index (χ1) is 14.1. The van der Waals surface area contributed by atoms with Gasteiger partial charge < -0.3 is 19.0 Å². The first-order valence-electron chi connectivity index (χ1n) is 9.36. The third-order valence-corrected chi connectivity index (χ3v) is 5.67. The number of nitrogens with zero attached hydrogens (tertiary/aromatic N) is 2. The van der Waals surface area contributed by atoms with Gasteiger partial charge in [-0.2, -0.15) is 0 Å². The molecular formula is C21H22N2O5S. The van der Waals surface area contributed by atoms with E-state index < -0.39 is 12.0 Å². The van der Waals surface area contributed by atoms with Crippen LogP contribution in [0.25, 0.3) is 10.8 Å². The number of carboxylic acid groups (broad SMARTS) is 1. The highest BCUT2D eigenvalue weighted by molar-refractivity contribution is 7.13. The van der Waals surface area contributed by atoms with E-state index in [-0.39, 0.29) is 6.61 Å².